The molecular formula is C8H11BrN2O2. The molecule has 0 amide bonds. The molecule has 1 rings (SSSR count). The van der Waals surface area contributed by atoms with E-state index in [1.807, 2.05) is 13.8 Å². The van der Waals surface area contributed by atoms with E-state index >= 15 is 0 Å². The van der Waals surface area contributed by atoms with Crippen molar-refractivity contribution in [3.8, 4) is 0 Å². The van der Waals surface area contributed by atoms with Gasteiger partial charge in [0.2, 0.25) is 0 Å². The van der Waals surface area contributed by atoms with Crippen molar-refractivity contribution >= 4 is 21.9 Å². The Morgan fingerprint density at radius 2 is 2.31 bits per heavy atom. The molecule has 0 unspecified atom stereocenters. The Balaban J connectivity index is 3.16. The number of methoxy groups -OCH3 is 1. The van der Waals surface area contributed by atoms with Crippen LogP contribution in [0.2, 0.25) is 0 Å². The van der Waals surface area contributed by atoms with Crippen LogP contribution in [0.5, 0.6) is 0 Å². The maximum absolute atomic E-state index is 11.3. The standard InChI is InChI=1S/C8H11BrN2O2/c1-5(2)11-7(8(12)13-3)6(9)4-10-11/h4-5H,1-3H3. The van der Waals surface area contributed by atoms with Crippen LogP contribution in [0.25, 0.3) is 0 Å². The van der Waals surface area contributed by atoms with Gasteiger partial charge < -0.3 is 4.74 Å². The summed E-state index contributed by atoms with van der Waals surface area (Å²) in [6, 6.07) is 0.139. The molecule has 1 aromatic heterocycles. The van der Waals surface area contributed by atoms with Crippen LogP contribution in [0.4, 0.5) is 0 Å². The SMILES string of the molecule is COC(=O)c1c(Br)cnn1C(C)C. The minimum atomic E-state index is -0.377. The van der Waals surface area contributed by atoms with E-state index in [9.17, 15) is 4.79 Å². The quantitative estimate of drug-likeness (QED) is 0.751. The smallest absolute Gasteiger partial charge is 0.357 e. The molecule has 0 saturated heterocycles. The van der Waals surface area contributed by atoms with Crippen molar-refractivity contribution < 1.29 is 9.53 Å². The van der Waals surface area contributed by atoms with Gasteiger partial charge >= 0.3 is 5.97 Å². The molecule has 0 fully saturated rings. The van der Waals surface area contributed by atoms with Crippen LogP contribution in [0.15, 0.2) is 10.7 Å². The van der Waals surface area contributed by atoms with Crippen molar-refractivity contribution in [1.82, 2.24) is 9.78 Å². The van der Waals surface area contributed by atoms with E-state index in [4.69, 9.17) is 0 Å². The molecule has 0 saturated carbocycles. The number of carbonyl (C=O) groups is 1. The first-order valence-corrected chi connectivity index (χ1v) is 4.68. The molecule has 0 aromatic carbocycles. The lowest BCUT2D eigenvalue weighted by Gasteiger charge is -2.09. The van der Waals surface area contributed by atoms with Gasteiger partial charge in [0.05, 0.1) is 17.8 Å². The van der Waals surface area contributed by atoms with Crippen LogP contribution in [0, 0.1) is 0 Å². The van der Waals surface area contributed by atoms with E-state index < -0.39 is 0 Å². The Labute approximate surface area is 85.0 Å². The molecule has 72 valence electrons. The molecule has 1 heterocycles. The molecule has 0 aliphatic heterocycles. The lowest BCUT2D eigenvalue weighted by molar-refractivity contribution is 0.0583. The number of halogens is 1. The fourth-order valence-corrected chi connectivity index (χ4v) is 1.46. The fraction of sp³-hybridized carbons (Fsp3) is 0.500. The van der Waals surface area contributed by atoms with Crippen LogP contribution in [-0.2, 0) is 4.74 Å². The van der Waals surface area contributed by atoms with Crippen molar-refractivity contribution in [1.29, 1.82) is 0 Å². The molecule has 0 aliphatic rings. The Kier molecular flexibility index (Phi) is 3.08. The van der Waals surface area contributed by atoms with Gasteiger partial charge in [-0.05, 0) is 29.8 Å². The maximum atomic E-state index is 11.3. The van der Waals surface area contributed by atoms with Gasteiger partial charge in [-0.1, -0.05) is 0 Å². The maximum Gasteiger partial charge on any atom is 0.357 e. The zero-order chi connectivity index (χ0) is 10.0. The number of rotatable bonds is 2. The Morgan fingerprint density at radius 1 is 1.69 bits per heavy atom. The normalized spacial score (nSPS) is 10.5. The first-order valence-electron chi connectivity index (χ1n) is 3.89. The third-order valence-corrected chi connectivity index (χ3v) is 2.20. The van der Waals surface area contributed by atoms with Gasteiger partial charge in [-0.2, -0.15) is 5.10 Å². The zero-order valence-electron chi connectivity index (χ0n) is 7.74. The second-order valence-electron chi connectivity index (χ2n) is 2.87. The van der Waals surface area contributed by atoms with E-state index in [1.165, 1.54) is 7.11 Å². The molecule has 5 heteroatoms. The van der Waals surface area contributed by atoms with Crippen LogP contribution < -0.4 is 0 Å². The van der Waals surface area contributed by atoms with Crippen LogP contribution in [0.3, 0.4) is 0 Å². The minimum Gasteiger partial charge on any atom is -0.464 e. The average molecular weight is 247 g/mol. The largest absolute Gasteiger partial charge is 0.464 e. The number of aromatic nitrogens is 2. The number of ether oxygens (including phenoxy) is 1. The lowest BCUT2D eigenvalue weighted by atomic mass is 10.3. The summed E-state index contributed by atoms with van der Waals surface area (Å²) in [5.41, 5.74) is 0.456. The van der Waals surface area contributed by atoms with Gasteiger partial charge in [-0.25, -0.2) is 4.79 Å². The summed E-state index contributed by atoms with van der Waals surface area (Å²) in [7, 11) is 1.35. The topological polar surface area (TPSA) is 44.1 Å². The summed E-state index contributed by atoms with van der Waals surface area (Å²) in [5, 5.41) is 4.05. The summed E-state index contributed by atoms with van der Waals surface area (Å²) in [6.45, 7) is 3.90. The van der Waals surface area contributed by atoms with Crippen molar-refractivity contribution in [2.45, 2.75) is 19.9 Å². The van der Waals surface area contributed by atoms with E-state index in [1.54, 1.807) is 10.9 Å². The van der Waals surface area contributed by atoms with E-state index in [-0.39, 0.29) is 12.0 Å². The van der Waals surface area contributed by atoms with Crippen molar-refractivity contribution in [3.63, 3.8) is 0 Å². The Hall–Kier alpha value is -0.840. The second kappa shape index (κ2) is 3.91. The van der Waals surface area contributed by atoms with Crippen molar-refractivity contribution in [2.24, 2.45) is 0 Å². The summed E-state index contributed by atoms with van der Waals surface area (Å²) in [5.74, 6) is -0.377. The molecule has 13 heavy (non-hydrogen) atoms. The van der Waals surface area contributed by atoms with Gasteiger partial charge in [-0.3, -0.25) is 4.68 Å². The number of hydrogen-bond acceptors (Lipinski definition) is 3. The molecule has 0 radical (unpaired) electrons. The van der Waals surface area contributed by atoms with Gasteiger partial charge in [0.25, 0.3) is 0 Å². The molecular weight excluding hydrogens is 236 g/mol. The molecule has 1 aromatic rings. The predicted molar refractivity (Wildman–Crippen MR) is 51.7 cm³/mol. The number of nitrogens with zero attached hydrogens (tertiary/aromatic N) is 2. The lowest BCUT2D eigenvalue weighted by Crippen LogP contribution is -2.14. The molecule has 4 nitrogen and oxygen atoms in total. The molecule has 0 atom stereocenters. The molecule has 0 N–H and O–H groups in total. The van der Waals surface area contributed by atoms with Crippen LogP contribution >= 0.6 is 15.9 Å². The fourth-order valence-electron chi connectivity index (χ4n) is 1.02. The molecule has 0 spiro atoms. The second-order valence-corrected chi connectivity index (χ2v) is 3.73. The monoisotopic (exact) mass is 246 g/mol. The summed E-state index contributed by atoms with van der Waals surface area (Å²) in [4.78, 5) is 11.3. The third kappa shape index (κ3) is 1.91. The van der Waals surface area contributed by atoms with Crippen molar-refractivity contribution in [2.75, 3.05) is 7.11 Å². The van der Waals surface area contributed by atoms with Gasteiger partial charge in [0, 0.05) is 6.04 Å². The number of esters is 1. The minimum absolute atomic E-state index is 0.139. The average Bonchev–Trinajstić information content (AvgIpc) is 2.46. The third-order valence-electron chi connectivity index (χ3n) is 1.62. The highest BCUT2D eigenvalue weighted by atomic mass is 79.9. The molecule has 0 bridgehead atoms. The van der Waals surface area contributed by atoms with E-state index in [2.05, 4.69) is 25.8 Å². The first-order chi connectivity index (χ1) is 6.07. The number of carbonyl (C=O) groups excluding carboxylic acids is 1. The first kappa shape index (κ1) is 10.2. The Morgan fingerprint density at radius 3 is 2.77 bits per heavy atom. The summed E-state index contributed by atoms with van der Waals surface area (Å²) in [6.07, 6.45) is 1.59. The van der Waals surface area contributed by atoms with E-state index in [0.29, 0.717) is 10.2 Å². The highest BCUT2D eigenvalue weighted by Gasteiger charge is 2.18. The predicted octanol–water partition coefficient (Wildman–Crippen LogP) is 2.01. The summed E-state index contributed by atoms with van der Waals surface area (Å²) >= 11 is 3.24. The highest BCUT2D eigenvalue weighted by molar-refractivity contribution is 9.10. The van der Waals surface area contributed by atoms with Crippen molar-refractivity contribution in [3.05, 3.63) is 16.4 Å². The van der Waals surface area contributed by atoms with Crippen LogP contribution in [0.1, 0.15) is 30.4 Å². The van der Waals surface area contributed by atoms with Gasteiger partial charge in [-0.15, -0.1) is 0 Å². The van der Waals surface area contributed by atoms with Gasteiger partial charge in [0.15, 0.2) is 5.69 Å². The van der Waals surface area contributed by atoms with E-state index in [0.717, 1.165) is 0 Å². The van der Waals surface area contributed by atoms with Gasteiger partial charge in [0.1, 0.15) is 0 Å². The van der Waals surface area contributed by atoms with Crippen LogP contribution in [-0.4, -0.2) is 22.9 Å². The summed E-state index contributed by atoms with van der Waals surface area (Å²) < 4.78 is 6.92. The Bertz CT molecular complexity index is 320. The number of hydrogen-bond donors (Lipinski definition) is 0. The zero-order valence-corrected chi connectivity index (χ0v) is 9.33. The molecule has 0 aliphatic carbocycles. The highest BCUT2D eigenvalue weighted by Crippen LogP contribution is 2.19.